The van der Waals surface area contributed by atoms with Crippen LogP contribution in [0.1, 0.15) is 6.23 Å². The van der Waals surface area contributed by atoms with Gasteiger partial charge in [-0.25, -0.2) is 4.98 Å². The van der Waals surface area contributed by atoms with Gasteiger partial charge in [0, 0.05) is 7.11 Å². The van der Waals surface area contributed by atoms with Gasteiger partial charge in [0.25, 0.3) is 0 Å². The van der Waals surface area contributed by atoms with Gasteiger partial charge in [0.1, 0.15) is 23.8 Å². The van der Waals surface area contributed by atoms with Gasteiger partial charge in [0.2, 0.25) is 5.95 Å². The van der Waals surface area contributed by atoms with Crippen LogP contribution >= 0.6 is 0 Å². The van der Waals surface area contributed by atoms with Gasteiger partial charge in [-0.1, -0.05) is 0 Å². The number of aliphatic hydroxyl groups excluding tert-OH is 2. The molecule has 6 N–H and O–H groups in total. The Morgan fingerprint density at radius 2 is 2.19 bits per heavy atom. The van der Waals surface area contributed by atoms with E-state index in [1.807, 2.05) is 0 Å². The second-order valence-corrected chi connectivity index (χ2v) is 4.73. The number of ether oxygens (including phenoxy) is 2. The summed E-state index contributed by atoms with van der Waals surface area (Å²) in [5, 5.41) is 19.3. The first-order valence-corrected chi connectivity index (χ1v) is 6.29. The third-order valence-electron chi connectivity index (χ3n) is 3.50. The molecule has 0 amide bonds. The molecule has 1 aliphatic rings. The molecular formula is C11H16N6O4. The number of anilines is 2. The smallest absolute Gasteiger partial charge is 0.224 e. The minimum atomic E-state index is -0.973. The highest BCUT2D eigenvalue weighted by Crippen LogP contribution is 2.33. The molecule has 1 unspecified atom stereocenters. The SMILES string of the molecule is CO[C@H]1C(O)[C@@H](CO)O[C@H]1n1cnc2c(N)nc(N)nc21. The van der Waals surface area contributed by atoms with Gasteiger partial charge in [0.15, 0.2) is 17.7 Å². The van der Waals surface area contributed by atoms with Crippen LogP contribution in [0.3, 0.4) is 0 Å². The molecule has 0 aliphatic carbocycles. The van der Waals surface area contributed by atoms with Crippen LogP contribution < -0.4 is 11.5 Å². The predicted octanol–water partition coefficient (Wildman–Crippen LogP) is -1.74. The number of fused-ring (bicyclic) bond motifs is 1. The molecule has 1 fully saturated rings. The number of nitrogens with two attached hydrogens (primary N) is 2. The topological polar surface area (TPSA) is 155 Å². The highest BCUT2D eigenvalue weighted by Gasteiger charge is 2.45. The molecule has 0 aromatic carbocycles. The van der Waals surface area contributed by atoms with Gasteiger partial charge < -0.3 is 31.2 Å². The van der Waals surface area contributed by atoms with Crippen molar-refractivity contribution in [1.82, 2.24) is 19.5 Å². The maximum atomic E-state index is 10.1. The lowest BCUT2D eigenvalue weighted by Gasteiger charge is -2.19. The summed E-state index contributed by atoms with van der Waals surface area (Å²) >= 11 is 0. The van der Waals surface area contributed by atoms with Gasteiger partial charge in [-0.3, -0.25) is 4.57 Å². The Hall–Kier alpha value is -2.01. The van der Waals surface area contributed by atoms with Crippen LogP contribution in [-0.4, -0.2) is 61.8 Å². The Kier molecular flexibility index (Phi) is 3.37. The molecule has 10 nitrogen and oxygen atoms in total. The van der Waals surface area contributed by atoms with Crippen LogP contribution in [0.2, 0.25) is 0 Å². The second-order valence-electron chi connectivity index (χ2n) is 4.73. The van der Waals surface area contributed by atoms with Gasteiger partial charge in [0.05, 0.1) is 12.9 Å². The van der Waals surface area contributed by atoms with Crippen molar-refractivity contribution in [2.24, 2.45) is 0 Å². The molecule has 0 saturated carbocycles. The van der Waals surface area contributed by atoms with Crippen molar-refractivity contribution in [2.75, 3.05) is 25.2 Å². The fraction of sp³-hybridized carbons (Fsp3) is 0.545. The maximum absolute atomic E-state index is 10.1. The molecule has 3 heterocycles. The third-order valence-corrected chi connectivity index (χ3v) is 3.50. The fourth-order valence-corrected chi connectivity index (χ4v) is 2.49. The van der Waals surface area contributed by atoms with Crippen molar-refractivity contribution >= 4 is 22.9 Å². The van der Waals surface area contributed by atoms with Gasteiger partial charge >= 0.3 is 0 Å². The summed E-state index contributed by atoms with van der Waals surface area (Å²) in [6.07, 6.45) is -1.66. The lowest BCUT2D eigenvalue weighted by molar-refractivity contribution is -0.0583. The number of hydrogen-bond donors (Lipinski definition) is 4. The molecule has 4 atom stereocenters. The largest absolute Gasteiger partial charge is 0.394 e. The van der Waals surface area contributed by atoms with Crippen LogP contribution in [0.4, 0.5) is 11.8 Å². The molecule has 1 saturated heterocycles. The zero-order valence-corrected chi connectivity index (χ0v) is 11.2. The number of methoxy groups -OCH3 is 1. The number of nitrogens with zero attached hydrogens (tertiary/aromatic N) is 4. The van der Waals surface area contributed by atoms with Crippen molar-refractivity contribution < 1.29 is 19.7 Å². The van der Waals surface area contributed by atoms with Crippen LogP contribution in [0.25, 0.3) is 11.2 Å². The Labute approximate surface area is 119 Å². The highest BCUT2D eigenvalue weighted by molar-refractivity contribution is 5.82. The minimum absolute atomic E-state index is 0.00738. The van der Waals surface area contributed by atoms with E-state index >= 15 is 0 Å². The van der Waals surface area contributed by atoms with E-state index in [0.29, 0.717) is 11.2 Å². The molecule has 0 bridgehead atoms. The number of nitrogen functional groups attached to an aromatic ring is 2. The lowest BCUT2D eigenvalue weighted by Crippen LogP contribution is -2.34. The summed E-state index contributed by atoms with van der Waals surface area (Å²) in [6.45, 7) is -0.330. The van der Waals surface area contributed by atoms with E-state index < -0.39 is 24.5 Å². The summed E-state index contributed by atoms with van der Waals surface area (Å²) in [4.78, 5) is 12.1. The number of rotatable bonds is 3. The number of aromatic nitrogens is 4. The van der Waals surface area contributed by atoms with E-state index in [0.717, 1.165) is 0 Å². The average molecular weight is 296 g/mol. The lowest BCUT2D eigenvalue weighted by atomic mass is 10.1. The van der Waals surface area contributed by atoms with E-state index in [-0.39, 0.29) is 18.4 Å². The Morgan fingerprint density at radius 3 is 2.86 bits per heavy atom. The van der Waals surface area contributed by atoms with E-state index in [9.17, 15) is 10.2 Å². The van der Waals surface area contributed by atoms with Crippen LogP contribution in [-0.2, 0) is 9.47 Å². The Balaban J connectivity index is 2.08. The molecule has 21 heavy (non-hydrogen) atoms. The van der Waals surface area contributed by atoms with Crippen molar-refractivity contribution in [1.29, 1.82) is 0 Å². The molecule has 2 aromatic heterocycles. The summed E-state index contributed by atoms with van der Waals surface area (Å²) in [5.74, 6) is 0.162. The van der Waals surface area contributed by atoms with Crippen molar-refractivity contribution in [3.05, 3.63) is 6.33 Å². The normalized spacial score (nSPS) is 29.3. The summed E-state index contributed by atoms with van der Waals surface area (Å²) < 4.78 is 12.4. The van der Waals surface area contributed by atoms with Crippen molar-refractivity contribution in [2.45, 2.75) is 24.5 Å². The first kappa shape index (κ1) is 13.9. The second kappa shape index (κ2) is 5.07. The van der Waals surface area contributed by atoms with E-state index in [2.05, 4.69) is 15.0 Å². The fourth-order valence-electron chi connectivity index (χ4n) is 2.49. The average Bonchev–Trinajstić information content (AvgIpc) is 2.99. The number of imidazole rings is 1. The Bertz CT molecular complexity index is 661. The molecule has 10 heteroatoms. The minimum Gasteiger partial charge on any atom is -0.394 e. The standard InChI is InChI=1S/C11H16N6O4/c1-20-7-6(19)4(2-18)21-10(7)17-3-14-5-8(12)15-11(13)16-9(5)17/h3-4,6-7,10,18-19H,2H2,1H3,(H4,12,13,15,16)/t4-,6?,7+,10-/m1/s1. The monoisotopic (exact) mass is 296 g/mol. The van der Waals surface area contributed by atoms with E-state index in [4.69, 9.17) is 20.9 Å². The van der Waals surface area contributed by atoms with Crippen LogP contribution in [0, 0.1) is 0 Å². The van der Waals surface area contributed by atoms with Crippen molar-refractivity contribution in [3.63, 3.8) is 0 Å². The first-order chi connectivity index (χ1) is 10.1. The zero-order valence-electron chi connectivity index (χ0n) is 11.2. The van der Waals surface area contributed by atoms with E-state index in [1.54, 1.807) is 4.57 Å². The molecule has 2 aromatic rings. The predicted molar refractivity (Wildman–Crippen MR) is 71.9 cm³/mol. The van der Waals surface area contributed by atoms with E-state index in [1.165, 1.54) is 13.4 Å². The quantitative estimate of drug-likeness (QED) is 0.516. The van der Waals surface area contributed by atoms with Crippen LogP contribution in [0.5, 0.6) is 0 Å². The molecular weight excluding hydrogens is 280 g/mol. The highest BCUT2D eigenvalue weighted by atomic mass is 16.6. The summed E-state index contributed by atoms with van der Waals surface area (Å²) in [7, 11) is 1.45. The number of hydrogen-bond acceptors (Lipinski definition) is 9. The van der Waals surface area contributed by atoms with Crippen LogP contribution in [0.15, 0.2) is 6.33 Å². The molecule has 114 valence electrons. The maximum Gasteiger partial charge on any atom is 0.224 e. The number of aliphatic hydroxyl groups is 2. The van der Waals surface area contributed by atoms with Gasteiger partial charge in [-0.05, 0) is 0 Å². The first-order valence-electron chi connectivity index (χ1n) is 6.29. The summed E-state index contributed by atoms with van der Waals surface area (Å²) in [5.41, 5.74) is 12.1. The molecule has 0 spiro atoms. The molecule has 1 aliphatic heterocycles. The van der Waals surface area contributed by atoms with Gasteiger partial charge in [-0.2, -0.15) is 9.97 Å². The van der Waals surface area contributed by atoms with Crippen molar-refractivity contribution in [3.8, 4) is 0 Å². The summed E-state index contributed by atoms with van der Waals surface area (Å²) in [6, 6.07) is 0. The third kappa shape index (κ3) is 2.08. The zero-order chi connectivity index (χ0) is 15.1. The Morgan fingerprint density at radius 1 is 1.43 bits per heavy atom. The molecule has 0 radical (unpaired) electrons. The molecule has 3 rings (SSSR count). The van der Waals surface area contributed by atoms with Gasteiger partial charge in [-0.15, -0.1) is 0 Å².